The number of benzene rings is 1. The molecule has 2 heteroatoms. The first-order valence-electron chi connectivity index (χ1n) is 5.11. The van der Waals surface area contributed by atoms with Crippen LogP contribution in [0.15, 0.2) is 18.2 Å². The highest BCUT2D eigenvalue weighted by molar-refractivity contribution is 5.39. The van der Waals surface area contributed by atoms with Gasteiger partial charge in [-0.3, -0.25) is 0 Å². The van der Waals surface area contributed by atoms with Crippen molar-refractivity contribution in [1.82, 2.24) is 0 Å². The Bertz CT molecular complexity index is 333. The molecule has 1 aromatic carbocycles. The summed E-state index contributed by atoms with van der Waals surface area (Å²) in [6.45, 7) is 4.98. The standard InChI is InChI=1S/C12H15FO/c1-8(2)9-6-7-14-12-10(9)4-3-5-11(12)13/h3-5,8-9H,6-7H2,1-2H3/t9-/m0/s1. The quantitative estimate of drug-likeness (QED) is 0.666. The Morgan fingerprint density at radius 2 is 2.21 bits per heavy atom. The van der Waals surface area contributed by atoms with Crippen molar-refractivity contribution >= 4 is 0 Å². The van der Waals surface area contributed by atoms with Crippen molar-refractivity contribution in [3.8, 4) is 5.75 Å². The van der Waals surface area contributed by atoms with Crippen LogP contribution in [-0.4, -0.2) is 6.61 Å². The highest BCUT2D eigenvalue weighted by Crippen LogP contribution is 2.39. The van der Waals surface area contributed by atoms with E-state index in [-0.39, 0.29) is 5.82 Å². The summed E-state index contributed by atoms with van der Waals surface area (Å²) in [4.78, 5) is 0. The first kappa shape index (κ1) is 9.50. The topological polar surface area (TPSA) is 9.23 Å². The van der Waals surface area contributed by atoms with Crippen molar-refractivity contribution in [2.45, 2.75) is 26.2 Å². The van der Waals surface area contributed by atoms with Gasteiger partial charge in [0, 0.05) is 5.56 Å². The van der Waals surface area contributed by atoms with Crippen LogP contribution in [0.25, 0.3) is 0 Å². The summed E-state index contributed by atoms with van der Waals surface area (Å²) in [5, 5.41) is 0. The fourth-order valence-corrected chi connectivity index (χ4v) is 2.11. The van der Waals surface area contributed by atoms with Crippen LogP contribution in [0.2, 0.25) is 0 Å². The summed E-state index contributed by atoms with van der Waals surface area (Å²) in [5.41, 5.74) is 1.03. The zero-order valence-electron chi connectivity index (χ0n) is 8.59. The van der Waals surface area contributed by atoms with Gasteiger partial charge in [0.2, 0.25) is 0 Å². The Labute approximate surface area is 83.9 Å². The summed E-state index contributed by atoms with van der Waals surface area (Å²) < 4.78 is 18.7. The van der Waals surface area contributed by atoms with Crippen LogP contribution in [0.5, 0.6) is 5.75 Å². The van der Waals surface area contributed by atoms with E-state index in [1.807, 2.05) is 6.07 Å². The van der Waals surface area contributed by atoms with Crippen LogP contribution in [-0.2, 0) is 0 Å². The minimum absolute atomic E-state index is 0.229. The SMILES string of the molecule is CC(C)[C@@H]1CCOc2c(F)cccc21. The molecule has 1 aliphatic rings. The summed E-state index contributed by atoms with van der Waals surface area (Å²) in [5.74, 6) is 1.22. The molecule has 14 heavy (non-hydrogen) atoms. The predicted octanol–water partition coefficient (Wildman–Crippen LogP) is 3.35. The third kappa shape index (κ3) is 1.49. The summed E-state index contributed by atoms with van der Waals surface area (Å²) in [6.07, 6.45) is 0.994. The molecule has 0 saturated heterocycles. The van der Waals surface area contributed by atoms with E-state index in [0.29, 0.717) is 24.2 Å². The van der Waals surface area contributed by atoms with Crippen molar-refractivity contribution < 1.29 is 9.13 Å². The molecule has 1 atom stereocenters. The number of rotatable bonds is 1. The number of para-hydroxylation sites is 1. The smallest absolute Gasteiger partial charge is 0.165 e. The maximum Gasteiger partial charge on any atom is 0.165 e. The van der Waals surface area contributed by atoms with Crippen molar-refractivity contribution in [3.05, 3.63) is 29.6 Å². The molecule has 0 amide bonds. The predicted molar refractivity (Wildman–Crippen MR) is 54.1 cm³/mol. The van der Waals surface area contributed by atoms with E-state index in [2.05, 4.69) is 13.8 Å². The van der Waals surface area contributed by atoms with Gasteiger partial charge in [-0.15, -0.1) is 0 Å². The van der Waals surface area contributed by atoms with E-state index in [9.17, 15) is 4.39 Å². The molecule has 2 rings (SSSR count). The summed E-state index contributed by atoms with van der Waals surface area (Å²) in [6, 6.07) is 5.20. The molecule has 0 unspecified atom stereocenters. The zero-order valence-corrected chi connectivity index (χ0v) is 8.59. The number of fused-ring (bicyclic) bond motifs is 1. The van der Waals surface area contributed by atoms with Crippen LogP contribution in [0.1, 0.15) is 31.7 Å². The molecule has 1 heterocycles. The van der Waals surface area contributed by atoms with Gasteiger partial charge in [-0.1, -0.05) is 26.0 Å². The van der Waals surface area contributed by atoms with Gasteiger partial charge in [0.15, 0.2) is 11.6 Å². The minimum atomic E-state index is -0.229. The van der Waals surface area contributed by atoms with Crippen LogP contribution < -0.4 is 4.74 Å². The number of halogens is 1. The highest BCUT2D eigenvalue weighted by Gasteiger charge is 2.25. The lowest BCUT2D eigenvalue weighted by Crippen LogP contribution is -2.18. The first-order valence-corrected chi connectivity index (χ1v) is 5.11. The second-order valence-corrected chi connectivity index (χ2v) is 4.15. The molecule has 1 aromatic rings. The van der Waals surface area contributed by atoms with Gasteiger partial charge >= 0.3 is 0 Å². The molecule has 0 aromatic heterocycles. The highest BCUT2D eigenvalue weighted by atomic mass is 19.1. The third-order valence-electron chi connectivity index (χ3n) is 2.88. The van der Waals surface area contributed by atoms with E-state index >= 15 is 0 Å². The van der Waals surface area contributed by atoms with Crippen molar-refractivity contribution in [2.24, 2.45) is 5.92 Å². The second-order valence-electron chi connectivity index (χ2n) is 4.15. The van der Waals surface area contributed by atoms with E-state index in [0.717, 1.165) is 12.0 Å². The van der Waals surface area contributed by atoms with Gasteiger partial charge in [-0.2, -0.15) is 0 Å². The number of ether oxygens (including phenoxy) is 1. The maximum atomic E-state index is 13.4. The first-order chi connectivity index (χ1) is 6.70. The monoisotopic (exact) mass is 194 g/mol. The number of hydrogen-bond acceptors (Lipinski definition) is 1. The molecule has 76 valence electrons. The molecule has 1 aliphatic heterocycles. The van der Waals surface area contributed by atoms with E-state index in [1.165, 1.54) is 6.07 Å². The molecule has 0 N–H and O–H groups in total. The summed E-state index contributed by atoms with van der Waals surface area (Å²) in [7, 11) is 0. The van der Waals surface area contributed by atoms with Gasteiger partial charge in [0.05, 0.1) is 6.61 Å². The van der Waals surface area contributed by atoms with Gasteiger partial charge in [0.1, 0.15) is 0 Å². The zero-order chi connectivity index (χ0) is 10.1. The lowest BCUT2D eigenvalue weighted by atomic mass is 9.84. The molecule has 0 spiro atoms. The Balaban J connectivity index is 2.44. The Hall–Kier alpha value is -1.05. The van der Waals surface area contributed by atoms with Crippen LogP contribution in [0.4, 0.5) is 4.39 Å². The average Bonchev–Trinajstić information content (AvgIpc) is 2.17. The maximum absolute atomic E-state index is 13.4. The van der Waals surface area contributed by atoms with Gasteiger partial charge in [0.25, 0.3) is 0 Å². The van der Waals surface area contributed by atoms with E-state index < -0.39 is 0 Å². The Morgan fingerprint density at radius 1 is 1.43 bits per heavy atom. The van der Waals surface area contributed by atoms with Crippen molar-refractivity contribution in [2.75, 3.05) is 6.61 Å². The van der Waals surface area contributed by atoms with Gasteiger partial charge in [-0.25, -0.2) is 4.39 Å². The normalized spacial score (nSPS) is 20.4. The third-order valence-corrected chi connectivity index (χ3v) is 2.88. The van der Waals surface area contributed by atoms with Gasteiger partial charge < -0.3 is 4.74 Å². The number of hydrogen-bond donors (Lipinski definition) is 0. The Kier molecular flexibility index (Phi) is 2.44. The second kappa shape index (κ2) is 3.60. The Morgan fingerprint density at radius 3 is 2.93 bits per heavy atom. The molecule has 1 nitrogen and oxygen atoms in total. The van der Waals surface area contributed by atoms with Gasteiger partial charge in [-0.05, 0) is 24.3 Å². The fraction of sp³-hybridized carbons (Fsp3) is 0.500. The van der Waals surface area contributed by atoms with E-state index in [4.69, 9.17) is 4.74 Å². The van der Waals surface area contributed by atoms with Crippen molar-refractivity contribution in [1.29, 1.82) is 0 Å². The van der Waals surface area contributed by atoms with Crippen LogP contribution in [0.3, 0.4) is 0 Å². The average molecular weight is 194 g/mol. The minimum Gasteiger partial charge on any atom is -0.490 e. The lowest BCUT2D eigenvalue weighted by molar-refractivity contribution is 0.236. The molecule has 0 saturated carbocycles. The fourth-order valence-electron chi connectivity index (χ4n) is 2.11. The molecular weight excluding hydrogens is 179 g/mol. The molecule has 0 aliphatic carbocycles. The van der Waals surface area contributed by atoms with Crippen molar-refractivity contribution in [3.63, 3.8) is 0 Å². The summed E-state index contributed by atoms with van der Waals surface area (Å²) >= 11 is 0. The van der Waals surface area contributed by atoms with Crippen LogP contribution >= 0.6 is 0 Å². The lowest BCUT2D eigenvalue weighted by Gasteiger charge is -2.28. The largest absolute Gasteiger partial charge is 0.490 e. The molecular formula is C12H15FO. The van der Waals surface area contributed by atoms with E-state index in [1.54, 1.807) is 6.07 Å². The van der Waals surface area contributed by atoms with Crippen LogP contribution in [0, 0.1) is 11.7 Å². The molecule has 0 fully saturated rings. The molecule has 0 radical (unpaired) electrons. The molecule has 0 bridgehead atoms.